The Hall–Kier alpha value is -6.39. The van der Waals surface area contributed by atoms with Crippen LogP contribution in [0.1, 0.15) is 0 Å². The summed E-state index contributed by atoms with van der Waals surface area (Å²) in [5, 5.41) is 8.20. The molecule has 218 valence electrons. The zero-order valence-electron chi connectivity index (χ0n) is 25.3. The minimum absolute atomic E-state index is 0.925. The minimum Gasteiger partial charge on any atom is -0.309 e. The molecule has 0 spiro atoms. The van der Waals surface area contributed by atoms with Gasteiger partial charge in [-0.2, -0.15) is 0 Å². The van der Waals surface area contributed by atoms with Gasteiger partial charge in [-0.05, 0) is 64.0 Å². The van der Waals surface area contributed by atoms with Gasteiger partial charge in [-0.3, -0.25) is 15.0 Å². The predicted octanol–water partition coefficient (Wildman–Crippen LogP) is 10.9. The van der Waals surface area contributed by atoms with Gasteiger partial charge in [0.05, 0.1) is 27.6 Å². The number of para-hydroxylation sites is 1. The zero-order valence-corrected chi connectivity index (χ0v) is 25.3. The molecule has 47 heavy (non-hydrogen) atoms. The maximum absolute atomic E-state index is 4.85. The van der Waals surface area contributed by atoms with Gasteiger partial charge in [-0.25, -0.2) is 0 Å². The summed E-state index contributed by atoms with van der Waals surface area (Å²) < 4.78 is 2.44. The average molecular weight is 599 g/mol. The minimum atomic E-state index is 0.925. The van der Waals surface area contributed by atoms with E-state index in [2.05, 4.69) is 143 Å². The van der Waals surface area contributed by atoms with Crippen LogP contribution in [0.5, 0.6) is 0 Å². The van der Waals surface area contributed by atoms with Gasteiger partial charge in [-0.1, -0.05) is 103 Å². The van der Waals surface area contributed by atoms with Crippen molar-refractivity contribution >= 4 is 65.3 Å². The van der Waals surface area contributed by atoms with E-state index in [1.807, 2.05) is 12.3 Å². The normalized spacial score (nSPS) is 11.8. The first kappa shape index (κ1) is 25.9. The van der Waals surface area contributed by atoms with Crippen molar-refractivity contribution in [2.24, 2.45) is 0 Å². The quantitative estimate of drug-likeness (QED) is 0.190. The van der Waals surface area contributed by atoms with E-state index >= 15 is 0 Å². The highest BCUT2D eigenvalue weighted by Crippen LogP contribution is 2.42. The summed E-state index contributed by atoms with van der Waals surface area (Å²) >= 11 is 0. The molecule has 0 bridgehead atoms. The van der Waals surface area contributed by atoms with Crippen molar-refractivity contribution in [3.63, 3.8) is 0 Å². The molecule has 7 aromatic carbocycles. The summed E-state index contributed by atoms with van der Waals surface area (Å²) in [7, 11) is 0. The fourth-order valence-electron chi connectivity index (χ4n) is 7.48. The zero-order chi connectivity index (χ0) is 30.9. The van der Waals surface area contributed by atoms with Crippen LogP contribution in [0.2, 0.25) is 0 Å². The summed E-state index contributed by atoms with van der Waals surface area (Å²) in [5.41, 5.74) is 11.0. The number of hydrogen-bond acceptors (Lipinski definition) is 3. The third-order valence-corrected chi connectivity index (χ3v) is 9.50. The molecule has 0 amide bonds. The number of benzene rings is 7. The summed E-state index contributed by atoms with van der Waals surface area (Å²) in [4.78, 5) is 14.2. The smallest absolute Gasteiger partial charge is 0.0972 e. The van der Waals surface area contributed by atoms with E-state index in [1.54, 1.807) is 12.4 Å². The number of hydrogen-bond donors (Lipinski definition) is 0. The second-order valence-corrected chi connectivity index (χ2v) is 12.0. The number of fused-ring (bicyclic) bond motifs is 11. The summed E-state index contributed by atoms with van der Waals surface area (Å²) in [6.07, 6.45) is 5.43. The molecule has 0 radical (unpaired) electrons. The first-order valence-electron chi connectivity index (χ1n) is 15.9. The molecule has 0 aliphatic heterocycles. The van der Waals surface area contributed by atoms with Crippen molar-refractivity contribution in [2.45, 2.75) is 0 Å². The molecule has 10 aromatic rings. The van der Waals surface area contributed by atoms with Crippen LogP contribution in [0.3, 0.4) is 0 Å². The highest BCUT2D eigenvalue weighted by Gasteiger charge is 2.19. The van der Waals surface area contributed by atoms with Crippen LogP contribution < -0.4 is 0 Å². The van der Waals surface area contributed by atoms with Crippen molar-refractivity contribution < 1.29 is 0 Å². The number of aromatic nitrogens is 4. The molecule has 0 saturated carbocycles. The van der Waals surface area contributed by atoms with Crippen molar-refractivity contribution in [2.75, 3.05) is 0 Å². The van der Waals surface area contributed by atoms with E-state index in [1.165, 1.54) is 49.3 Å². The molecule has 0 atom stereocenters. The second-order valence-electron chi connectivity index (χ2n) is 12.0. The maximum atomic E-state index is 4.85. The fraction of sp³-hybridized carbons (Fsp3) is 0. The monoisotopic (exact) mass is 598 g/mol. The molecule has 0 aliphatic rings. The standard InChI is InChI=1S/C43H26N4/c1-2-15-35-34(14-1)40-37(42-41(35)45-23-24-46-42)21-20-36-33-13-3-4-19-39(33)47(43(36)40)30-12-6-10-28(26-30)27-9-5-11-29(25-27)31-16-7-18-38-32(31)17-8-22-44-38/h1-26H. The Morgan fingerprint density at radius 2 is 1.09 bits per heavy atom. The van der Waals surface area contributed by atoms with Gasteiger partial charge < -0.3 is 4.57 Å². The lowest BCUT2D eigenvalue weighted by molar-refractivity contribution is 1.19. The number of nitrogens with zero attached hydrogens (tertiary/aromatic N) is 4. The third kappa shape index (κ3) is 3.85. The number of rotatable bonds is 3. The molecule has 0 aliphatic carbocycles. The van der Waals surface area contributed by atoms with Crippen molar-refractivity contribution in [3.05, 3.63) is 158 Å². The molecular weight excluding hydrogens is 573 g/mol. The van der Waals surface area contributed by atoms with Crippen molar-refractivity contribution in [1.29, 1.82) is 0 Å². The largest absolute Gasteiger partial charge is 0.309 e. The average Bonchev–Trinajstić information content (AvgIpc) is 3.49. The Bertz CT molecular complexity index is 2820. The van der Waals surface area contributed by atoms with Gasteiger partial charge in [0.25, 0.3) is 0 Å². The maximum Gasteiger partial charge on any atom is 0.0972 e. The van der Waals surface area contributed by atoms with Gasteiger partial charge in [0.15, 0.2) is 0 Å². The molecular formula is C43H26N4. The lowest BCUT2D eigenvalue weighted by atomic mass is 9.96. The number of pyridine rings is 1. The Balaban J connectivity index is 1.25. The van der Waals surface area contributed by atoms with E-state index in [4.69, 9.17) is 9.97 Å². The Morgan fingerprint density at radius 1 is 0.404 bits per heavy atom. The molecule has 10 rings (SSSR count). The van der Waals surface area contributed by atoms with Crippen LogP contribution in [0.15, 0.2) is 158 Å². The Morgan fingerprint density at radius 3 is 1.98 bits per heavy atom. The van der Waals surface area contributed by atoms with E-state index in [-0.39, 0.29) is 0 Å². The van der Waals surface area contributed by atoms with Gasteiger partial charge >= 0.3 is 0 Å². The topological polar surface area (TPSA) is 43.6 Å². The van der Waals surface area contributed by atoms with Crippen LogP contribution in [-0.4, -0.2) is 19.5 Å². The molecule has 3 heterocycles. The van der Waals surface area contributed by atoms with Crippen LogP contribution >= 0.6 is 0 Å². The van der Waals surface area contributed by atoms with Crippen molar-refractivity contribution in [3.8, 4) is 27.9 Å². The lowest BCUT2D eigenvalue weighted by Gasteiger charge is -2.15. The molecule has 4 heteroatoms. The summed E-state index contributed by atoms with van der Waals surface area (Å²) in [5.74, 6) is 0. The van der Waals surface area contributed by atoms with E-state index in [0.717, 1.165) is 44.0 Å². The molecule has 4 nitrogen and oxygen atoms in total. The van der Waals surface area contributed by atoms with Gasteiger partial charge in [0.1, 0.15) is 0 Å². The summed E-state index contributed by atoms with van der Waals surface area (Å²) in [6.45, 7) is 0. The molecule has 0 saturated heterocycles. The molecule has 3 aromatic heterocycles. The molecule has 0 fully saturated rings. The summed E-state index contributed by atoms with van der Waals surface area (Å²) in [6, 6.07) is 50.0. The lowest BCUT2D eigenvalue weighted by Crippen LogP contribution is -1.96. The van der Waals surface area contributed by atoms with E-state index < -0.39 is 0 Å². The van der Waals surface area contributed by atoms with Gasteiger partial charge in [-0.15, -0.1) is 0 Å². The molecule has 0 unspecified atom stereocenters. The highest BCUT2D eigenvalue weighted by atomic mass is 15.0. The molecule has 0 N–H and O–H groups in total. The SMILES string of the molecule is c1cc(-c2cccc(-n3c4ccccc4c4ccc5c6nccnc6c6ccccc6c5c43)c2)cc(-c2cccc3ncccc23)c1. The van der Waals surface area contributed by atoms with Gasteiger partial charge in [0, 0.05) is 56.6 Å². The van der Waals surface area contributed by atoms with Gasteiger partial charge in [0.2, 0.25) is 0 Å². The first-order valence-corrected chi connectivity index (χ1v) is 15.9. The Kier molecular flexibility index (Phi) is 5.54. The highest BCUT2D eigenvalue weighted by molar-refractivity contribution is 6.32. The third-order valence-electron chi connectivity index (χ3n) is 9.50. The fourth-order valence-corrected chi connectivity index (χ4v) is 7.48. The van der Waals surface area contributed by atoms with Crippen LogP contribution in [-0.2, 0) is 0 Å². The van der Waals surface area contributed by atoms with Crippen LogP contribution in [0.25, 0.3) is 93.2 Å². The van der Waals surface area contributed by atoms with E-state index in [9.17, 15) is 0 Å². The van der Waals surface area contributed by atoms with Crippen LogP contribution in [0, 0.1) is 0 Å². The Labute approximate surface area is 270 Å². The van der Waals surface area contributed by atoms with Crippen molar-refractivity contribution in [1.82, 2.24) is 19.5 Å². The van der Waals surface area contributed by atoms with E-state index in [0.29, 0.717) is 0 Å². The first-order chi connectivity index (χ1) is 23.3. The second kappa shape index (κ2) is 10.1. The predicted molar refractivity (Wildman–Crippen MR) is 195 cm³/mol. The van der Waals surface area contributed by atoms with Crippen LogP contribution in [0.4, 0.5) is 0 Å².